The number of hydrogen-bond acceptors (Lipinski definition) is 3. The van der Waals surface area contributed by atoms with Gasteiger partial charge in [0.15, 0.2) is 0 Å². The van der Waals surface area contributed by atoms with Crippen molar-refractivity contribution in [3.8, 4) is 5.75 Å². The first-order valence-electron chi connectivity index (χ1n) is 6.19. The average Bonchev–Trinajstić information content (AvgIpc) is 2.71. The highest BCUT2D eigenvalue weighted by atomic mass is 16.5. The zero-order valence-corrected chi connectivity index (χ0v) is 10.9. The van der Waals surface area contributed by atoms with Gasteiger partial charge in [-0.05, 0) is 24.1 Å². The summed E-state index contributed by atoms with van der Waals surface area (Å²) in [6.07, 6.45) is 4.34. The van der Waals surface area contributed by atoms with E-state index < -0.39 is 6.10 Å². The molecule has 0 saturated carbocycles. The normalized spacial score (nSPS) is 26.5. The van der Waals surface area contributed by atoms with Crippen LogP contribution in [-0.2, 0) is 11.3 Å². The van der Waals surface area contributed by atoms with E-state index in [-0.39, 0.29) is 5.41 Å². The first-order chi connectivity index (χ1) is 8.64. The number of methoxy groups -OCH3 is 1. The average molecular weight is 248 g/mol. The maximum atomic E-state index is 9.83. The van der Waals surface area contributed by atoms with E-state index in [0.717, 1.165) is 17.7 Å². The van der Waals surface area contributed by atoms with Crippen molar-refractivity contribution in [1.29, 1.82) is 0 Å². The number of benzene rings is 1. The van der Waals surface area contributed by atoms with Crippen LogP contribution in [0.5, 0.6) is 5.75 Å². The van der Waals surface area contributed by atoms with Crippen molar-refractivity contribution in [2.24, 2.45) is 5.41 Å². The Morgan fingerprint density at radius 1 is 1.33 bits per heavy atom. The molecule has 1 N–H and O–H groups in total. The minimum Gasteiger partial charge on any atom is -0.497 e. The quantitative estimate of drug-likeness (QED) is 0.814. The van der Waals surface area contributed by atoms with Gasteiger partial charge in [-0.15, -0.1) is 0 Å². The molecule has 0 amide bonds. The Bertz CT molecular complexity index is 410. The molecule has 0 radical (unpaired) electrons. The molecule has 0 spiro atoms. The second kappa shape index (κ2) is 5.55. The summed E-state index contributed by atoms with van der Waals surface area (Å²) < 4.78 is 10.8. The van der Waals surface area contributed by atoms with Crippen LogP contribution in [-0.4, -0.2) is 24.9 Å². The van der Waals surface area contributed by atoms with Gasteiger partial charge >= 0.3 is 0 Å². The topological polar surface area (TPSA) is 38.7 Å². The standard InChI is InChI=1S/C15H20O3/c1-15(9-3-4-14(15)16)11-18-10-12-5-7-13(17-2)8-6-12/h3-8,14,16H,9-11H2,1-2H3/t14-,15+/m0/s1. The van der Waals surface area contributed by atoms with Crippen molar-refractivity contribution in [3.63, 3.8) is 0 Å². The van der Waals surface area contributed by atoms with Crippen molar-refractivity contribution in [3.05, 3.63) is 42.0 Å². The summed E-state index contributed by atoms with van der Waals surface area (Å²) in [6.45, 7) is 3.17. The van der Waals surface area contributed by atoms with Gasteiger partial charge in [-0.25, -0.2) is 0 Å². The summed E-state index contributed by atoms with van der Waals surface area (Å²) in [7, 11) is 1.65. The summed E-state index contributed by atoms with van der Waals surface area (Å²) in [6, 6.07) is 7.83. The van der Waals surface area contributed by atoms with Gasteiger partial charge in [-0.2, -0.15) is 0 Å². The zero-order chi connectivity index (χ0) is 13.0. The molecule has 2 rings (SSSR count). The lowest BCUT2D eigenvalue weighted by molar-refractivity contribution is -0.0105. The van der Waals surface area contributed by atoms with Crippen LogP contribution in [0.1, 0.15) is 18.9 Å². The van der Waals surface area contributed by atoms with E-state index in [2.05, 4.69) is 0 Å². The molecule has 3 heteroatoms. The maximum absolute atomic E-state index is 9.83. The minimum absolute atomic E-state index is 0.174. The number of hydrogen-bond donors (Lipinski definition) is 1. The van der Waals surface area contributed by atoms with Crippen LogP contribution in [0.15, 0.2) is 36.4 Å². The molecule has 1 aliphatic carbocycles. The summed E-state index contributed by atoms with van der Waals surface area (Å²) in [4.78, 5) is 0. The molecule has 98 valence electrons. The molecule has 3 nitrogen and oxygen atoms in total. The Hall–Kier alpha value is -1.32. The summed E-state index contributed by atoms with van der Waals surface area (Å²) >= 11 is 0. The van der Waals surface area contributed by atoms with E-state index >= 15 is 0 Å². The monoisotopic (exact) mass is 248 g/mol. The Balaban J connectivity index is 1.81. The van der Waals surface area contributed by atoms with Crippen LogP contribution in [0.25, 0.3) is 0 Å². The fourth-order valence-corrected chi connectivity index (χ4v) is 2.09. The third kappa shape index (κ3) is 2.92. The van der Waals surface area contributed by atoms with Gasteiger partial charge in [0.05, 0.1) is 26.4 Å². The number of allylic oxidation sites excluding steroid dienone is 1. The fraction of sp³-hybridized carbons (Fsp3) is 0.467. The molecule has 1 aromatic rings. The van der Waals surface area contributed by atoms with Crippen LogP contribution >= 0.6 is 0 Å². The first kappa shape index (κ1) is 13.1. The Morgan fingerprint density at radius 3 is 2.61 bits per heavy atom. The minimum atomic E-state index is -0.395. The number of aliphatic hydroxyl groups excluding tert-OH is 1. The van der Waals surface area contributed by atoms with Crippen molar-refractivity contribution >= 4 is 0 Å². The molecule has 0 fully saturated rings. The van der Waals surface area contributed by atoms with Crippen LogP contribution in [0.2, 0.25) is 0 Å². The first-order valence-corrected chi connectivity index (χ1v) is 6.19. The SMILES string of the molecule is COc1ccc(COC[C@@]2(C)CC=C[C@@H]2O)cc1. The molecular formula is C15H20O3. The van der Waals surface area contributed by atoms with Crippen molar-refractivity contribution in [1.82, 2.24) is 0 Å². The summed E-state index contributed by atoms with van der Waals surface area (Å²) in [5.41, 5.74) is 0.937. The number of rotatable bonds is 5. The second-order valence-electron chi connectivity index (χ2n) is 5.07. The van der Waals surface area contributed by atoms with Crippen LogP contribution < -0.4 is 4.74 Å². The summed E-state index contributed by atoms with van der Waals surface area (Å²) in [5.74, 6) is 0.848. The van der Waals surface area contributed by atoms with Gasteiger partial charge in [0.25, 0.3) is 0 Å². The molecular weight excluding hydrogens is 228 g/mol. The summed E-state index contributed by atoms with van der Waals surface area (Å²) in [5, 5.41) is 9.83. The molecule has 0 unspecified atom stereocenters. The molecule has 1 aromatic carbocycles. The second-order valence-corrected chi connectivity index (χ2v) is 5.07. The van der Waals surface area contributed by atoms with Crippen LogP contribution in [0.4, 0.5) is 0 Å². The van der Waals surface area contributed by atoms with Gasteiger partial charge in [-0.3, -0.25) is 0 Å². The molecule has 18 heavy (non-hydrogen) atoms. The fourth-order valence-electron chi connectivity index (χ4n) is 2.09. The smallest absolute Gasteiger partial charge is 0.118 e. The highest BCUT2D eigenvalue weighted by Gasteiger charge is 2.34. The molecule has 1 aliphatic rings. The van der Waals surface area contributed by atoms with Gasteiger partial charge in [0.2, 0.25) is 0 Å². The highest BCUT2D eigenvalue weighted by Crippen LogP contribution is 2.33. The predicted octanol–water partition coefficient (Wildman–Crippen LogP) is 2.54. The lowest BCUT2D eigenvalue weighted by Crippen LogP contribution is -2.31. The third-order valence-corrected chi connectivity index (χ3v) is 3.48. The third-order valence-electron chi connectivity index (χ3n) is 3.48. The van der Waals surface area contributed by atoms with E-state index in [0.29, 0.717) is 13.2 Å². The largest absolute Gasteiger partial charge is 0.497 e. The van der Waals surface area contributed by atoms with E-state index in [1.54, 1.807) is 7.11 Å². The predicted molar refractivity (Wildman–Crippen MR) is 70.5 cm³/mol. The molecule has 0 saturated heterocycles. The Morgan fingerprint density at radius 2 is 2.06 bits per heavy atom. The molecule has 2 atom stereocenters. The lowest BCUT2D eigenvalue weighted by Gasteiger charge is -2.27. The van der Waals surface area contributed by atoms with Gasteiger partial charge in [0.1, 0.15) is 5.75 Å². The maximum Gasteiger partial charge on any atom is 0.118 e. The zero-order valence-electron chi connectivity index (χ0n) is 10.9. The number of ether oxygens (including phenoxy) is 2. The van der Waals surface area contributed by atoms with E-state index in [1.807, 2.05) is 43.3 Å². The highest BCUT2D eigenvalue weighted by molar-refractivity contribution is 5.26. The van der Waals surface area contributed by atoms with Crippen LogP contribution in [0, 0.1) is 5.41 Å². The van der Waals surface area contributed by atoms with Gasteiger partial charge in [0, 0.05) is 5.41 Å². The van der Waals surface area contributed by atoms with Crippen LogP contribution in [0.3, 0.4) is 0 Å². The molecule has 0 heterocycles. The molecule has 0 aliphatic heterocycles. The van der Waals surface area contributed by atoms with Crippen molar-refractivity contribution in [2.75, 3.05) is 13.7 Å². The Labute approximate surface area is 108 Å². The Kier molecular flexibility index (Phi) is 4.04. The molecule has 0 aromatic heterocycles. The molecule has 0 bridgehead atoms. The lowest BCUT2D eigenvalue weighted by atomic mass is 9.87. The van der Waals surface area contributed by atoms with Gasteiger partial charge in [-0.1, -0.05) is 31.2 Å². The van der Waals surface area contributed by atoms with Crippen molar-refractivity contribution in [2.45, 2.75) is 26.1 Å². The van der Waals surface area contributed by atoms with E-state index in [9.17, 15) is 5.11 Å². The number of aliphatic hydroxyl groups is 1. The van der Waals surface area contributed by atoms with E-state index in [1.165, 1.54) is 0 Å². The van der Waals surface area contributed by atoms with Crippen molar-refractivity contribution < 1.29 is 14.6 Å². The van der Waals surface area contributed by atoms with Gasteiger partial charge < -0.3 is 14.6 Å². The van der Waals surface area contributed by atoms with E-state index in [4.69, 9.17) is 9.47 Å².